The molecule has 0 heterocycles. The van der Waals surface area contributed by atoms with Gasteiger partial charge < -0.3 is 14.8 Å². The minimum atomic E-state index is -0.753. The second kappa shape index (κ2) is 9.29. The molecule has 0 aliphatic heterocycles. The zero-order chi connectivity index (χ0) is 17.4. The van der Waals surface area contributed by atoms with E-state index < -0.39 is 30.5 Å². The maximum Gasteiger partial charge on any atom is 0.338 e. The number of carbonyl (C=O) groups is 3. The molecule has 1 rings (SSSR count). The third kappa shape index (κ3) is 6.81. The van der Waals surface area contributed by atoms with Gasteiger partial charge in [-0.15, -0.1) is 0 Å². The van der Waals surface area contributed by atoms with Gasteiger partial charge in [0.05, 0.1) is 12.7 Å². The maximum atomic E-state index is 11.9. The highest BCUT2D eigenvalue weighted by atomic mass is 79.9. The SMILES string of the molecule is COC(=O)C(CC(C)C)NC(=O)COC(=O)c1cccc(Br)c1. The number of carbonyl (C=O) groups excluding carboxylic acids is 3. The Hall–Kier alpha value is -1.89. The van der Waals surface area contributed by atoms with Crippen LogP contribution in [0.2, 0.25) is 0 Å². The smallest absolute Gasteiger partial charge is 0.338 e. The first-order valence-corrected chi connectivity index (χ1v) is 7.92. The van der Waals surface area contributed by atoms with E-state index in [0.29, 0.717) is 12.0 Å². The number of benzene rings is 1. The molecule has 0 aliphatic carbocycles. The maximum absolute atomic E-state index is 11.9. The van der Waals surface area contributed by atoms with Crippen molar-refractivity contribution in [1.82, 2.24) is 5.32 Å². The van der Waals surface area contributed by atoms with Crippen LogP contribution >= 0.6 is 15.9 Å². The van der Waals surface area contributed by atoms with Crippen molar-refractivity contribution in [3.05, 3.63) is 34.3 Å². The van der Waals surface area contributed by atoms with Gasteiger partial charge in [-0.05, 0) is 30.5 Å². The number of halogens is 1. The Bertz CT molecular complexity index is 573. The normalized spacial score (nSPS) is 11.7. The Morgan fingerprint density at radius 1 is 1.26 bits per heavy atom. The molecule has 7 heteroatoms. The monoisotopic (exact) mass is 385 g/mol. The van der Waals surface area contributed by atoms with Crippen molar-refractivity contribution in [3.63, 3.8) is 0 Å². The van der Waals surface area contributed by atoms with Crippen molar-refractivity contribution in [1.29, 1.82) is 0 Å². The third-order valence-corrected chi connectivity index (χ3v) is 3.42. The zero-order valence-corrected chi connectivity index (χ0v) is 14.9. The van der Waals surface area contributed by atoms with Crippen LogP contribution in [0.25, 0.3) is 0 Å². The molecule has 126 valence electrons. The summed E-state index contributed by atoms with van der Waals surface area (Å²) in [6.07, 6.45) is 0.442. The van der Waals surface area contributed by atoms with Crippen molar-refractivity contribution in [2.75, 3.05) is 13.7 Å². The molecule has 0 spiro atoms. The Kier molecular flexibility index (Phi) is 7.74. The average Bonchev–Trinajstić information content (AvgIpc) is 2.50. The van der Waals surface area contributed by atoms with Gasteiger partial charge in [0.25, 0.3) is 5.91 Å². The molecule has 1 unspecified atom stereocenters. The van der Waals surface area contributed by atoms with Crippen LogP contribution in [0.3, 0.4) is 0 Å². The van der Waals surface area contributed by atoms with Crippen LogP contribution in [0.4, 0.5) is 0 Å². The van der Waals surface area contributed by atoms with Crippen LogP contribution in [0.5, 0.6) is 0 Å². The van der Waals surface area contributed by atoms with Crippen LogP contribution in [-0.2, 0) is 19.1 Å². The Labute approximate surface area is 143 Å². The number of nitrogens with one attached hydrogen (secondary N) is 1. The fourth-order valence-corrected chi connectivity index (χ4v) is 2.29. The molecule has 23 heavy (non-hydrogen) atoms. The number of hydrogen-bond acceptors (Lipinski definition) is 5. The number of esters is 2. The molecule has 1 aromatic rings. The Morgan fingerprint density at radius 2 is 1.96 bits per heavy atom. The van der Waals surface area contributed by atoms with Crippen molar-refractivity contribution >= 4 is 33.8 Å². The lowest BCUT2D eigenvalue weighted by Gasteiger charge is -2.18. The molecule has 1 atom stereocenters. The van der Waals surface area contributed by atoms with Gasteiger partial charge in [-0.25, -0.2) is 9.59 Å². The van der Waals surface area contributed by atoms with Crippen molar-refractivity contribution in [2.45, 2.75) is 26.3 Å². The second-order valence-corrected chi connectivity index (χ2v) is 6.27. The minimum Gasteiger partial charge on any atom is -0.467 e. The Balaban J connectivity index is 2.54. The molecule has 0 saturated carbocycles. The van der Waals surface area contributed by atoms with E-state index in [1.165, 1.54) is 7.11 Å². The summed E-state index contributed by atoms with van der Waals surface area (Å²) in [6.45, 7) is 3.39. The van der Waals surface area contributed by atoms with E-state index >= 15 is 0 Å². The predicted molar refractivity (Wildman–Crippen MR) is 87.8 cm³/mol. The molecule has 0 fully saturated rings. The fraction of sp³-hybridized carbons (Fsp3) is 0.438. The lowest BCUT2D eigenvalue weighted by atomic mass is 10.0. The van der Waals surface area contributed by atoms with E-state index in [2.05, 4.69) is 26.0 Å². The highest BCUT2D eigenvalue weighted by Crippen LogP contribution is 2.12. The molecular formula is C16H20BrNO5. The summed E-state index contributed by atoms with van der Waals surface area (Å²) in [7, 11) is 1.26. The number of ether oxygens (including phenoxy) is 2. The standard InChI is InChI=1S/C16H20BrNO5/c1-10(2)7-13(16(21)22-3)18-14(19)9-23-15(20)11-5-4-6-12(17)8-11/h4-6,8,10,13H,7,9H2,1-3H3,(H,18,19). The molecular weight excluding hydrogens is 366 g/mol. The van der Waals surface area contributed by atoms with E-state index in [1.54, 1.807) is 24.3 Å². The summed E-state index contributed by atoms with van der Waals surface area (Å²) in [5.74, 6) is -1.49. The average molecular weight is 386 g/mol. The van der Waals surface area contributed by atoms with Crippen molar-refractivity contribution in [2.24, 2.45) is 5.92 Å². The van der Waals surface area contributed by atoms with Crippen LogP contribution in [0.1, 0.15) is 30.6 Å². The second-order valence-electron chi connectivity index (χ2n) is 5.36. The minimum absolute atomic E-state index is 0.198. The van der Waals surface area contributed by atoms with Gasteiger partial charge in [-0.2, -0.15) is 0 Å². The van der Waals surface area contributed by atoms with E-state index in [9.17, 15) is 14.4 Å². The fourth-order valence-electron chi connectivity index (χ4n) is 1.89. The van der Waals surface area contributed by atoms with Gasteiger partial charge in [0.1, 0.15) is 6.04 Å². The number of hydrogen-bond donors (Lipinski definition) is 1. The van der Waals surface area contributed by atoms with Crippen LogP contribution in [0, 0.1) is 5.92 Å². The van der Waals surface area contributed by atoms with Crippen molar-refractivity contribution in [3.8, 4) is 0 Å². The van der Waals surface area contributed by atoms with Gasteiger partial charge in [-0.1, -0.05) is 35.8 Å². The lowest BCUT2D eigenvalue weighted by molar-refractivity contribution is -0.145. The first-order valence-electron chi connectivity index (χ1n) is 7.13. The highest BCUT2D eigenvalue weighted by molar-refractivity contribution is 9.10. The van der Waals surface area contributed by atoms with Gasteiger partial charge in [0, 0.05) is 4.47 Å². The van der Waals surface area contributed by atoms with Crippen LogP contribution in [0.15, 0.2) is 28.7 Å². The predicted octanol–water partition coefficient (Wildman–Crippen LogP) is 2.31. The molecule has 6 nitrogen and oxygen atoms in total. The summed E-state index contributed by atoms with van der Waals surface area (Å²) >= 11 is 3.25. The van der Waals surface area contributed by atoms with E-state index in [1.807, 2.05) is 13.8 Å². The summed E-state index contributed by atoms with van der Waals surface area (Å²) < 4.78 is 10.3. The number of amides is 1. The highest BCUT2D eigenvalue weighted by Gasteiger charge is 2.23. The quantitative estimate of drug-likeness (QED) is 0.728. The van der Waals surface area contributed by atoms with E-state index in [0.717, 1.165) is 4.47 Å². The molecule has 0 aliphatic rings. The topological polar surface area (TPSA) is 81.7 Å². The van der Waals surface area contributed by atoms with Gasteiger partial charge in [-0.3, -0.25) is 4.79 Å². The lowest BCUT2D eigenvalue weighted by Crippen LogP contribution is -2.44. The molecule has 0 aromatic heterocycles. The summed E-state index contributed by atoms with van der Waals surface area (Å²) in [4.78, 5) is 35.3. The molecule has 0 bridgehead atoms. The zero-order valence-electron chi connectivity index (χ0n) is 13.3. The molecule has 1 amide bonds. The molecule has 0 radical (unpaired) electrons. The van der Waals surface area contributed by atoms with Gasteiger partial charge in [0.15, 0.2) is 6.61 Å². The van der Waals surface area contributed by atoms with Crippen molar-refractivity contribution < 1.29 is 23.9 Å². The van der Waals surface area contributed by atoms with Crippen LogP contribution in [-0.4, -0.2) is 37.6 Å². The van der Waals surface area contributed by atoms with Gasteiger partial charge >= 0.3 is 11.9 Å². The summed E-state index contributed by atoms with van der Waals surface area (Å²) in [6, 6.07) is 5.89. The summed E-state index contributed by atoms with van der Waals surface area (Å²) in [5, 5.41) is 2.52. The van der Waals surface area contributed by atoms with E-state index in [4.69, 9.17) is 4.74 Å². The molecule has 0 saturated heterocycles. The largest absolute Gasteiger partial charge is 0.467 e. The first-order chi connectivity index (χ1) is 10.8. The first kappa shape index (κ1) is 19.2. The third-order valence-electron chi connectivity index (χ3n) is 2.92. The Morgan fingerprint density at radius 3 is 2.52 bits per heavy atom. The van der Waals surface area contributed by atoms with E-state index in [-0.39, 0.29) is 5.92 Å². The number of rotatable bonds is 7. The van der Waals surface area contributed by atoms with Gasteiger partial charge in [0.2, 0.25) is 0 Å². The summed E-state index contributed by atoms with van der Waals surface area (Å²) in [5.41, 5.74) is 0.332. The molecule has 1 N–H and O–H groups in total. The molecule has 1 aromatic carbocycles. The van der Waals surface area contributed by atoms with Crippen LogP contribution < -0.4 is 5.32 Å². The number of methoxy groups -OCH3 is 1.